The van der Waals surface area contributed by atoms with Gasteiger partial charge in [-0.15, -0.1) is 11.3 Å². The fourth-order valence-electron chi connectivity index (χ4n) is 2.62. The Kier molecular flexibility index (Phi) is 5.48. The van der Waals surface area contributed by atoms with Crippen molar-refractivity contribution in [3.05, 3.63) is 40.6 Å². The number of carbonyl (C=O) groups excluding carboxylic acids is 1. The molecular formula is C19H24N2O3S. The summed E-state index contributed by atoms with van der Waals surface area (Å²) in [7, 11) is 1.85. The number of nitrogens with zero attached hydrogens (tertiary/aromatic N) is 2. The normalized spacial score (nSPS) is 13.0. The van der Waals surface area contributed by atoms with Crippen LogP contribution in [0.4, 0.5) is 5.69 Å². The van der Waals surface area contributed by atoms with Gasteiger partial charge in [-0.1, -0.05) is 6.07 Å². The number of rotatable bonds is 6. The van der Waals surface area contributed by atoms with Gasteiger partial charge in [0.25, 0.3) is 0 Å². The van der Waals surface area contributed by atoms with Crippen molar-refractivity contribution in [2.24, 2.45) is 0 Å². The molecule has 0 N–H and O–H groups in total. The molecule has 2 aromatic rings. The molecule has 0 atom stereocenters. The van der Waals surface area contributed by atoms with Crippen LogP contribution >= 0.6 is 11.3 Å². The van der Waals surface area contributed by atoms with Crippen molar-refractivity contribution in [1.82, 2.24) is 4.90 Å². The van der Waals surface area contributed by atoms with E-state index in [1.54, 1.807) is 16.2 Å². The van der Waals surface area contributed by atoms with E-state index in [9.17, 15) is 4.79 Å². The summed E-state index contributed by atoms with van der Waals surface area (Å²) in [5.74, 6) is 1.60. The zero-order valence-corrected chi connectivity index (χ0v) is 15.7. The van der Waals surface area contributed by atoms with Crippen LogP contribution in [-0.2, 0) is 11.3 Å². The van der Waals surface area contributed by atoms with E-state index in [0.29, 0.717) is 26.3 Å². The van der Waals surface area contributed by atoms with Crippen molar-refractivity contribution in [3.63, 3.8) is 0 Å². The number of carbonyl (C=O) groups is 1. The van der Waals surface area contributed by atoms with Crippen LogP contribution < -0.4 is 14.4 Å². The maximum atomic E-state index is 12.6. The second kappa shape index (κ2) is 7.78. The lowest BCUT2D eigenvalue weighted by atomic mass is 10.2. The molecule has 0 saturated heterocycles. The largest absolute Gasteiger partial charge is 0.486 e. The average Bonchev–Trinajstić information content (AvgIpc) is 3.13. The molecule has 0 bridgehead atoms. The van der Waals surface area contributed by atoms with Crippen LogP contribution in [0.5, 0.6) is 11.5 Å². The molecule has 5 nitrogen and oxygen atoms in total. The Morgan fingerprint density at radius 3 is 2.64 bits per heavy atom. The molecule has 1 aromatic carbocycles. The smallest absolute Gasteiger partial charge is 0.242 e. The summed E-state index contributed by atoms with van der Waals surface area (Å²) >= 11 is 1.69. The molecule has 134 valence electrons. The zero-order chi connectivity index (χ0) is 17.8. The Hall–Kier alpha value is -2.21. The van der Waals surface area contributed by atoms with E-state index >= 15 is 0 Å². The van der Waals surface area contributed by atoms with E-state index in [-0.39, 0.29) is 11.9 Å². The first kappa shape index (κ1) is 17.6. The van der Waals surface area contributed by atoms with Gasteiger partial charge >= 0.3 is 0 Å². The molecule has 0 fully saturated rings. The molecule has 3 rings (SSSR count). The first-order chi connectivity index (χ1) is 12.0. The molecule has 0 aliphatic carbocycles. The monoisotopic (exact) mass is 360 g/mol. The maximum absolute atomic E-state index is 12.6. The van der Waals surface area contributed by atoms with Crippen molar-refractivity contribution in [2.75, 3.05) is 31.7 Å². The van der Waals surface area contributed by atoms with Crippen LogP contribution in [0.1, 0.15) is 18.7 Å². The van der Waals surface area contributed by atoms with Gasteiger partial charge in [0.15, 0.2) is 11.5 Å². The summed E-state index contributed by atoms with van der Waals surface area (Å²) in [6.07, 6.45) is 0. The van der Waals surface area contributed by atoms with Gasteiger partial charge in [0.2, 0.25) is 5.91 Å². The van der Waals surface area contributed by atoms with Gasteiger partial charge in [-0.05, 0) is 37.4 Å². The molecule has 1 aliphatic heterocycles. The highest BCUT2D eigenvalue weighted by molar-refractivity contribution is 7.09. The van der Waals surface area contributed by atoms with E-state index in [2.05, 4.69) is 16.3 Å². The maximum Gasteiger partial charge on any atom is 0.242 e. The Morgan fingerprint density at radius 2 is 1.96 bits per heavy atom. The summed E-state index contributed by atoms with van der Waals surface area (Å²) in [6.45, 7) is 6.18. The molecule has 0 radical (unpaired) electrons. The van der Waals surface area contributed by atoms with E-state index < -0.39 is 0 Å². The lowest BCUT2D eigenvalue weighted by molar-refractivity contribution is -0.129. The fourth-order valence-corrected chi connectivity index (χ4v) is 3.34. The van der Waals surface area contributed by atoms with E-state index in [0.717, 1.165) is 17.2 Å². The number of benzene rings is 1. The first-order valence-corrected chi connectivity index (χ1v) is 9.35. The fraction of sp³-hybridized carbons (Fsp3) is 0.421. The summed E-state index contributed by atoms with van der Waals surface area (Å²) in [4.78, 5) is 17.7. The van der Waals surface area contributed by atoms with E-state index in [1.165, 1.54) is 4.88 Å². The van der Waals surface area contributed by atoms with Crippen molar-refractivity contribution in [2.45, 2.75) is 26.4 Å². The molecule has 6 heteroatoms. The standard InChI is InChI=1S/C19H24N2O3S/c1-14(2)20(3)19(22)13-21(12-16-5-4-10-25-16)15-6-7-17-18(11-15)24-9-8-23-17/h4-7,10-11,14H,8-9,12-13H2,1-3H3. The number of anilines is 1. The number of fused-ring (bicyclic) bond motifs is 1. The number of thiophene rings is 1. The van der Waals surface area contributed by atoms with Gasteiger partial charge in [-0.2, -0.15) is 0 Å². The summed E-state index contributed by atoms with van der Waals surface area (Å²) in [6, 6.07) is 10.2. The highest BCUT2D eigenvalue weighted by Crippen LogP contribution is 2.34. The third-order valence-corrected chi connectivity index (χ3v) is 5.17. The summed E-state index contributed by atoms with van der Waals surface area (Å²) < 4.78 is 11.3. The second-order valence-corrected chi connectivity index (χ2v) is 7.39. The van der Waals surface area contributed by atoms with Gasteiger partial charge in [-0.3, -0.25) is 4.79 Å². The Morgan fingerprint density at radius 1 is 1.20 bits per heavy atom. The molecule has 0 spiro atoms. The third kappa shape index (κ3) is 4.25. The highest BCUT2D eigenvalue weighted by Gasteiger charge is 2.20. The molecule has 0 unspecified atom stereocenters. The van der Waals surface area contributed by atoms with Crippen LogP contribution in [0.2, 0.25) is 0 Å². The van der Waals surface area contributed by atoms with E-state index in [4.69, 9.17) is 9.47 Å². The van der Waals surface area contributed by atoms with Gasteiger partial charge in [0.05, 0.1) is 13.1 Å². The highest BCUT2D eigenvalue weighted by atomic mass is 32.1. The minimum atomic E-state index is 0.0986. The molecule has 2 heterocycles. The van der Waals surface area contributed by atoms with Crippen LogP contribution in [-0.4, -0.2) is 43.7 Å². The molecule has 1 aliphatic rings. The number of ether oxygens (including phenoxy) is 2. The number of amides is 1. The SMILES string of the molecule is CC(C)N(C)C(=O)CN(Cc1cccs1)c1ccc2c(c1)OCCO2. The molecule has 1 aromatic heterocycles. The average molecular weight is 360 g/mol. The van der Waals surface area contributed by atoms with Crippen molar-refractivity contribution in [1.29, 1.82) is 0 Å². The Balaban J connectivity index is 1.84. The van der Waals surface area contributed by atoms with Crippen LogP contribution in [0, 0.1) is 0 Å². The van der Waals surface area contributed by atoms with E-state index in [1.807, 2.05) is 45.2 Å². The summed E-state index contributed by atoms with van der Waals surface area (Å²) in [5, 5.41) is 2.05. The van der Waals surface area contributed by atoms with Crippen molar-refractivity contribution in [3.8, 4) is 11.5 Å². The zero-order valence-electron chi connectivity index (χ0n) is 14.9. The topological polar surface area (TPSA) is 42.0 Å². The first-order valence-electron chi connectivity index (χ1n) is 8.47. The minimum absolute atomic E-state index is 0.0986. The molecule has 0 saturated carbocycles. The molecular weight excluding hydrogens is 336 g/mol. The number of hydrogen-bond donors (Lipinski definition) is 0. The quantitative estimate of drug-likeness (QED) is 0.792. The third-order valence-electron chi connectivity index (χ3n) is 4.31. The second-order valence-electron chi connectivity index (χ2n) is 6.36. The number of likely N-dealkylation sites (N-methyl/N-ethyl adjacent to an activating group) is 1. The predicted octanol–water partition coefficient (Wildman–Crippen LogP) is 3.39. The Labute approximate surface area is 152 Å². The number of hydrogen-bond acceptors (Lipinski definition) is 5. The van der Waals surface area contributed by atoms with Crippen LogP contribution in [0.15, 0.2) is 35.7 Å². The van der Waals surface area contributed by atoms with Gasteiger partial charge in [-0.25, -0.2) is 0 Å². The van der Waals surface area contributed by atoms with Gasteiger partial charge < -0.3 is 19.3 Å². The molecule has 25 heavy (non-hydrogen) atoms. The van der Waals surface area contributed by atoms with Crippen molar-refractivity contribution < 1.29 is 14.3 Å². The van der Waals surface area contributed by atoms with Crippen LogP contribution in [0.3, 0.4) is 0 Å². The summed E-state index contributed by atoms with van der Waals surface area (Å²) in [5.41, 5.74) is 0.961. The van der Waals surface area contributed by atoms with Gasteiger partial charge in [0, 0.05) is 29.7 Å². The van der Waals surface area contributed by atoms with Crippen LogP contribution in [0.25, 0.3) is 0 Å². The van der Waals surface area contributed by atoms with Gasteiger partial charge in [0.1, 0.15) is 13.2 Å². The minimum Gasteiger partial charge on any atom is -0.486 e. The van der Waals surface area contributed by atoms with Crippen molar-refractivity contribution >= 4 is 22.9 Å². The lowest BCUT2D eigenvalue weighted by Crippen LogP contribution is -2.41. The Bertz CT molecular complexity index is 715. The lowest BCUT2D eigenvalue weighted by Gasteiger charge is -2.29. The predicted molar refractivity (Wildman–Crippen MR) is 101 cm³/mol. The molecule has 1 amide bonds.